The van der Waals surface area contributed by atoms with Crippen molar-refractivity contribution in [2.24, 2.45) is 0 Å². The highest BCUT2D eigenvalue weighted by Crippen LogP contribution is 2.17. The smallest absolute Gasteiger partial charge is 0.246 e. The topological polar surface area (TPSA) is 47.6 Å². The summed E-state index contributed by atoms with van der Waals surface area (Å²) in [5.41, 5.74) is 0. The Labute approximate surface area is 85.0 Å². The van der Waals surface area contributed by atoms with Gasteiger partial charge in [0.05, 0.1) is 13.2 Å². The SMILES string of the molecule is COCCOCC(=O)NC1CCCC1. The normalized spacial score (nSPS) is 17.2. The van der Waals surface area contributed by atoms with Gasteiger partial charge in [0.15, 0.2) is 0 Å². The summed E-state index contributed by atoms with van der Waals surface area (Å²) in [7, 11) is 1.61. The minimum Gasteiger partial charge on any atom is -0.382 e. The molecular formula is C10H19NO3. The average Bonchev–Trinajstić information content (AvgIpc) is 2.65. The summed E-state index contributed by atoms with van der Waals surface area (Å²) < 4.78 is 9.91. The molecule has 0 atom stereocenters. The number of nitrogens with one attached hydrogen (secondary N) is 1. The van der Waals surface area contributed by atoms with Crippen molar-refractivity contribution < 1.29 is 14.3 Å². The Hall–Kier alpha value is -0.610. The number of methoxy groups -OCH3 is 1. The van der Waals surface area contributed by atoms with Crippen molar-refractivity contribution in [1.29, 1.82) is 0 Å². The molecule has 0 saturated heterocycles. The first-order valence-corrected chi connectivity index (χ1v) is 5.19. The minimum atomic E-state index is -0.00648. The third-order valence-corrected chi connectivity index (χ3v) is 2.39. The number of ether oxygens (including phenoxy) is 2. The van der Waals surface area contributed by atoms with Crippen molar-refractivity contribution in [2.75, 3.05) is 26.9 Å². The van der Waals surface area contributed by atoms with E-state index in [9.17, 15) is 4.79 Å². The predicted molar refractivity (Wildman–Crippen MR) is 53.1 cm³/mol. The van der Waals surface area contributed by atoms with Crippen LogP contribution >= 0.6 is 0 Å². The predicted octanol–water partition coefficient (Wildman–Crippen LogP) is 0.708. The van der Waals surface area contributed by atoms with Gasteiger partial charge in [-0.25, -0.2) is 0 Å². The molecule has 0 heterocycles. The largest absolute Gasteiger partial charge is 0.382 e. The van der Waals surface area contributed by atoms with E-state index in [-0.39, 0.29) is 12.5 Å². The number of rotatable bonds is 6. The van der Waals surface area contributed by atoms with Crippen LogP contribution in [0.3, 0.4) is 0 Å². The van der Waals surface area contributed by atoms with Gasteiger partial charge in [0, 0.05) is 13.2 Å². The number of hydrogen-bond acceptors (Lipinski definition) is 3. The van der Waals surface area contributed by atoms with E-state index in [0.717, 1.165) is 12.8 Å². The van der Waals surface area contributed by atoms with Crippen molar-refractivity contribution in [2.45, 2.75) is 31.7 Å². The molecule has 0 aromatic heterocycles. The highest BCUT2D eigenvalue weighted by molar-refractivity contribution is 5.77. The first-order chi connectivity index (χ1) is 6.83. The van der Waals surface area contributed by atoms with Gasteiger partial charge in [-0.05, 0) is 12.8 Å². The Morgan fingerprint density at radius 2 is 2.07 bits per heavy atom. The Morgan fingerprint density at radius 1 is 1.36 bits per heavy atom. The molecule has 0 aromatic carbocycles. The molecule has 4 heteroatoms. The van der Waals surface area contributed by atoms with Crippen LogP contribution in [0.2, 0.25) is 0 Å². The molecule has 1 fully saturated rings. The van der Waals surface area contributed by atoms with E-state index in [4.69, 9.17) is 9.47 Å². The molecule has 14 heavy (non-hydrogen) atoms. The van der Waals surface area contributed by atoms with Gasteiger partial charge in [0.25, 0.3) is 0 Å². The lowest BCUT2D eigenvalue weighted by atomic mass is 10.2. The summed E-state index contributed by atoms with van der Waals surface area (Å²) in [6.07, 6.45) is 4.69. The van der Waals surface area contributed by atoms with Gasteiger partial charge in [-0.1, -0.05) is 12.8 Å². The third-order valence-electron chi connectivity index (χ3n) is 2.39. The first kappa shape index (κ1) is 11.5. The zero-order chi connectivity index (χ0) is 10.2. The fourth-order valence-corrected chi connectivity index (χ4v) is 1.65. The first-order valence-electron chi connectivity index (χ1n) is 5.19. The Kier molecular flexibility index (Phi) is 5.56. The van der Waals surface area contributed by atoms with Crippen molar-refractivity contribution >= 4 is 5.91 Å². The van der Waals surface area contributed by atoms with Gasteiger partial charge < -0.3 is 14.8 Å². The average molecular weight is 201 g/mol. The zero-order valence-electron chi connectivity index (χ0n) is 8.75. The van der Waals surface area contributed by atoms with E-state index in [1.165, 1.54) is 12.8 Å². The van der Waals surface area contributed by atoms with Crippen LogP contribution in [0.25, 0.3) is 0 Å². The molecule has 0 aliphatic heterocycles. The number of carbonyl (C=O) groups is 1. The van der Waals surface area contributed by atoms with E-state index < -0.39 is 0 Å². The maximum atomic E-state index is 11.3. The zero-order valence-corrected chi connectivity index (χ0v) is 8.75. The van der Waals surface area contributed by atoms with E-state index in [1.807, 2.05) is 0 Å². The van der Waals surface area contributed by atoms with E-state index in [0.29, 0.717) is 19.3 Å². The van der Waals surface area contributed by atoms with Gasteiger partial charge in [-0.2, -0.15) is 0 Å². The van der Waals surface area contributed by atoms with Gasteiger partial charge in [-0.15, -0.1) is 0 Å². The van der Waals surface area contributed by atoms with Crippen LogP contribution < -0.4 is 5.32 Å². The highest BCUT2D eigenvalue weighted by Gasteiger charge is 2.16. The highest BCUT2D eigenvalue weighted by atomic mass is 16.5. The summed E-state index contributed by atoms with van der Waals surface area (Å²) in [4.78, 5) is 11.3. The lowest BCUT2D eigenvalue weighted by molar-refractivity contribution is -0.126. The number of hydrogen-bond donors (Lipinski definition) is 1. The maximum absolute atomic E-state index is 11.3. The van der Waals surface area contributed by atoms with Crippen LogP contribution in [0.4, 0.5) is 0 Å². The van der Waals surface area contributed by atoms with Crippen molar-refractivity contribution in [3.05, 3.63) is 0 Å². The van der Waals surface area contributed by atoms with E-state index >= 15 is 0 Å². The summed E-state index contributed by atoms with van der Waals surface area (Å²) in [6.45, 7) is 1.17. The molecule has 1 rings (SSSR count). The molecule has 1 N–H and O–H groups in total. The van der Waals surface area contributed by atoms with Crippen LogP contribution in [0.5, 0.6) is 0 Å². The molecule has 0 spiro atoms. The van der Waals surface area contributed by atoms with Crippen molar-refractivity contribution in [1.82, 2.24) is 5.32 Å². The van der Waals surface area contributed by atoms with Crippen molar-refractivity contribution in [3.63, 3.8) is 0 Å². The molecule has 82 valence electrons. The van der Waals surface area contributed by atoms with Gasteiger partial charge in [0.1, 0.15) is 6.61 Å². The van der Waals surface area contributed by atoms with Crippen LogP contribution in [0.1, 0.15) is 25.7 Å². The van der Waals surface area contributed by atoms with Crippen LogP contribution in [-0.4, -0.2) is 38.9 Å². The van der Waals surface area contributed by atoms with Gasteiger partial charge in [-0.3, -0.25) is 4.79 Å². The third kappa shape index (κ3) is 4.58. The summed E-state index contributed by atoms with van der Waals surface area (Å²) in [6, 6.07) is 0.383. The monoisotopic (exact) mass is 201 g/mol. The molecule has 0 aromatic rings. The fourth-order valence-electron chi connectivity index (χ4n) is 1.65. The summed E-state index contributed by atoms with van der Waals surface area (Å²) in [5, 5.41) is 2.95. The second-order valence-electron chi connectivity index (χ2n) is 3.59. The van der Waals surface area contributed by atoms with Crippen LogP contribution in [-0.2, 0) is 14.3 Å². The van der Waals surface area contributed by atoms with Gasteiger partial charge >= 0.3 is 0 Å². The molecule has 0 unspecified atom stereocenters. The molecule has 0 bridgehead atoms. The Bertz CT molecular complexity index is 167. The van der Waals surface area contributed by atoms with Crippen LogP contribution in [0.15, 0.2) is 0 Å². The second-order valence-corrected chi connectivity index (χ2v) is 3.59. The molecule has 1 amide bonds. The molecule has 0 radical (unpaired) electrons. The van der Waals surface area contributed by atoms with E-state index in [1.54, 1.807) is 7.11 Å². The fraction of sp³-hybridized carbons (Fsp3) is 0.900. The minimum absolute atomic E-state index is 0.00648. The lowest BCUT2D eigenvalue weighted by Gasteiger charge is -2.11. The second kappa shape index (κ2) is 6.79. The number of amides is 1. The Morgan fingerprint density at radius 3 is 2.71 bits per heavy atom. The molecule has 1 saturated carbocycles. The maximum Gasteiger partial charge on any atom is 0.246 e. The standard InChI is InChI=1S/C10H19NO3/c1-13-6-7-14-8-10(12)11-9-4-2-3-5-9/h9H,2-8H2,1H3,(H,11,12). The lowest BCUT2D eigenvalue weighted by Crippen LogP contribution is -2.35. The summed E-state index contributed by atoms with van der Waals surface area (Å²) in [5.74, 6) is -0.00648. The molecule has 4 nitrogen and oxygen atoms in total. The quantitative estimate of drug-likeness (QED) is 0.644. The Balaban J connectivity index is 1.98. The summed E-state index contributed by atoms with van der Waals surface area (Å²) >= 11 is 0. The molecule has 1 aliphatic rings. The molecular weight excluding hydrogens is 182 g/mol. The van der Waals surface area contributed by atoms with Gasteiger partial charge in [0.2, 0.25) is 5.91 Å². The van der Waals surface area contributed by atoms with Crippen molar-refractivity contribution in [3.8, 4) is 0 Å². The number of carbonyl (C=O) groups excluding carboxylic acids is 1. The van der Waals surface area contributed by atoms with Crippen LogP contribution in [0, 0.1) is 0 Å². The van der Waals surface area contributed by atoms with E-state index in [2.05, 4.69) is 5.32 Å². The molecule has 1 aliphatic carbocycles.